The van der Waals surface area contributed by atoms with Crippen molar-refractivity contribution in [3.8, 4) is 0 Å². The van der Waals surface area contributed by atoms with Crippen molar-refractivity contribution in [3.63, 3.8) is 0 Å². The summed E-state index contributed by atoms with van der Waals surface area (Å²) in [6.07, 6.45) is 2.79. The van der Waals surface area contributed by atoms with Gasteiger partial charge in [-0.15, -0.1) is 0 Å². The Bertz CT molecular complexity index is 792. The summed E-state index contributed by atoms with van der Waals surface area (Å²) in [5.41, 5.74) is 3.93. The van der Waals surface area contributed by atoms with Crippen molar-refractivity contribution in [1.29, 1.82) is 0 Å². The molecule has 128 valence electrons. The zero-order chi connectivity index (χ0) is 18.2. The second-order valence-corrected chi connectivity index (χ2v) is 5.41. The Kier molecular flexibility index (Phi) is 6.36. The molecule has 0 aliphatic carbocycles. The fourth-order valence-electron chi connectivity index (χ4n) is 1.93. The molecule has 0 fully saturated rings. The topological polar surface area (TPSA) is 61.4 Å². The number of hydrogen-bond donors (Lipinski definition) is 2. The number of hydrazine groups is 1. The second-order valence-electron chi connectivity index (χ2n) is 5.01. The van der Waals surface area contributed by atoms with Gasteiger partial charge in [-0.3, -0.25) is 20.3 Å². The number of benzene rings is 2. The number of rotatable bonds is 3. The van der Waals surface area contributed by atoms with E-state index in [9.17, 15) is 14.0 Å². The third-order valence-corrected chi connectivity index (χ3v) is 3.27. The summed E-state index contributed by atoms with van der Waals surface area (Å²) >= 11 is 5.05. The Morgan fingerprint density at radius 2 is 1.72 bits per heavy atom. The molecule has 0 unspecified atom stereocenters. The van der Waals surface area contributed by atoms with E-state index in [4.69, 9.17) is 12.2 Å². The number of amides is 2. The van der Waals surface area contributed by atoms with Crippen molar-refractivity contribution < 1.29 is 14.0 Å². The second kappa shape index (κ2) is 8.70. The summed E-state index contributed by atoms with van der Waals surface area (Å²) in [6, 6.07) is 14.5. The van der Waals surface area contributed by atoms with Gasteiger partial charge in [0.2, 0.25) is 11.8 Å². The molecule has 0 aliphatic rings. The summed E-state index contributed by atoms with van der Waals surface area (Å²) in [6.45, 7) is 1.37. The molecule has 2 amide bonds. The third kappa shape index (κ3) is 5.82. The van der Waals surface area contributed by atoms with Crippen LogP contribution in [0.3, 0.4) is 0 Å². The van der Waals surface area contributed by atoms with Crippen molar-refractivity contribution in [3.05, 3.63) is 72.1 Å². The molecule has 0 saturated heterocycles. The molecule has 7 heteroatoms. The minimum Gasteiger partial charge on any atom is -0.298 e. The van der Waals surface area contributed by atoms with Crippen LogP contribution in [0.1, 0.15) is 12.5 Å². The molecule has 0 bridgehead atoms. The molecule has 0 radical (unpaired) electrons. The van der Waals surface area contributed by atoms with Crippen molar-refractivity contribution in [2.24, 2.45) is 0 Å². The maximum absolute atomic E-state index is 12.8. The van der Waals surface area contributed by atoms with Crippen LogP contribution in [0.15, 0.2) is 60.7 Å². The summed E-state index contributed by atoms with van der Waals surface area (Å²) in [5, 5.41) is 3.65. The zero-order valence-corrected chi connectivity index (χ0v) is 14.2. The minimum atomic E-state index is -0.474. The summed E-state index contributed by atoms with van der Waals surface area (Å²) in [7, 11) is 0. The van der Waals surface area contributed by atoms with Gasteiger partial charge in [-0.1, -0.05) is 30.3 Å². The van der Waals surface area contributed by atoms with E-state index >= 15 is 0 Å². The third-order valence-electron chi connectivity index (χ3n) is 3.08. The molecule has 0 spiro atoms. The lowest BCUT2D eigenvalue weighted by Gasteiger charge is -2.23. The molecular formula is C18H16FN3O2S. The average Bonchev–Trinajstić information content (AvgIpc) is 2.59. The summed E-state index contributed by atoms with van der Waals surface area (Å²) in [5.74, 6) is -1.11. The number of thiocarbonyl (C=S) groups is 1. The normalized spacial score (nSPS) is 10.3. The van der Waals surface area contributed by atoms with Crippen molar-refractivity contribution >= 4 is 40.9 Å². The highest BCUT2D eigenvalue weighted by Crippen LogP contribution is 2.10. The van der Waals surface area contributed by atoms with E-state index in [1.165, 1.54) is 36.2 Å². The number of carbonyl (C=O) groups is 2. The van der Waals surface area contributed by atoms with Gasteiger partial charge in [-0.05, 0) is 48.1 Å². The van der Waals surface area contributed by atoms with E-state index in [-0.39, 0.29) is 16.8 Å². The van der Waals surface area contributed by atoms with Crippen molar-refractivity contribution in [1.82, 2.24) is 10.7 Å². The number of nitrogens with zero attached hydrogens (tertiary/aromatic N) is 1. The zero-order valence-electron chi connectivity index (χ0n) is 13.4. The standard InChI is InChI=1S/C18H16FN3O2S/c1-13(23)22(16-5-3-2-4-6-16)21-18(25)20-17(24)12-9-14-7-10-15(19)11-8-14/h2-12H,1H3,(H2,20,21,24,25). The molecule has 0 atom stereocenters. The van der Waals surface area contributed by atoms with E-state index in [2.05, 4.69) is 10.7 Å². The molecule has 0 aliphatic heterocycles. The molecule has 0 heterocycles. The van der Waals surface area contributed by atoms with Gasteiger partial charge in [0.05, 0.1) is 5.69 Å². The Balaban J connectivity index is 1.95. The molecule has 2 rings (SSSR count). The fraction of sp³-hybridized carbons (Fsp3) is 0.0556. The first-order valence-electron chi connectivity index (χ1n) is 7.36. The van der Waals surface area contributed by atoms with Crippen LogP contribution in [0, 0.1) is 5.82 Å². The van der Waals surface area contributed by atoms with Crippen molar-refractivity contribution in [2.75, 3.05) is 5.01 Å². The predicted molar refractivity (Wildman–Crippen MR) is 98.9 cm³/mol. The Hall–Kier alpha value is -3.06. The van der Waals surface area contributed by atoms with Gasteiger partial charge >= 0.3 is 0 Å². The van der Waals surface area contributed by atoms with Crippen LogP contribution in [0.25, 0.3) is 6.08 Å². The average molecular weight is 357 g/mol. The number of carbonyl (C=O) groups excluding carboxylic acids is 2. The molecule has 0 aromatic heterocycles. The van der Waals surface area contributed by atoms with Crippen LogP contribution in [0.4, 0.5) is 10.1 Å². The number of halogens is 1. The first-order valence-corrected chi connectivity index (χ1v) is 7.77. The first kappa shape index (κ1) is 18.3. The minimum absolute atomic E-state index is 0.0205. The molecule has 5 nitrogen and oxygen atoms in total. The molecule has 2 aromatic rings. The molecule has 2 aromatic carbocycles. The lowest BCUT2D eigenvalue weighted by Crippen LogP contribution is -2.50. The Morgan fingerprint density at radius 1 is 1.08 bits per heavy atom. The molecule has 0 saturated carbocycles. The lowest BCUT2D eigenvalue weighted by atomic mass is 10.2. The van der Waals surface area contributed by atoms with Gasteiger partial charge in [-0.2, -0.15) is 0 Å². The highest BCUT2D eigenvalue weighted by atomic mass is 32.1. The monoisotopic (exact) mass is 357 g/mol. The van der Waals surface area contributed by atoms with Crippen LogP contribution in [0.5, 0.6) is 0 Å². The van der Waals surface area contributed by atoms with Gasteiger partial charge in [0.15, 0.2) is 5.11 Å². The smallest absolute Gasteiger partial charge is 0.250 e. The van der Waals surface area contributed by atoms with Crippen LogP contribution >= 0.6 is 12.2 Å². The van der Waals surface area contributed by atoms with Crippen LogP contribution in [-0.2, 0) is 9.59 Å². The van der Waals surface area contributed by atoms with E-state index in [1.807, 2.05) is 6.07 Å². The highest BCUT2D eigenvalue weighted by Gasteiger charge is 2.13. The van der Waals surface area contributed by atoms with Gasteiger partial charge in [0, 0.05) is 13.0 Å². The van der Waals surface area contributed by atoms with Gasteiger partial charge in [-0.25, -0.2) is 9.40 Å². The van der Waals surface area contributed by atoms with Crippen LogP contribution in [0.2, 0.25) is 0 Å². The Morgan fingerprint density at radius 3 is 2.32 bits per heavy atom. The predicted octanol–water partition coefficient (Wildman–Crippen LogP) is 2.80. The number of anilines is 1. The van der Waals surface area contributed by atoms with E-state index in [0.29, 0.717) is 11.3 Å². The maximum Gasteiger partial charge on any atom is 0.250 e. The lowest BCUT2D eigenvalue weighted by molar-refractivity contribution is -0.117. The quantitative estimate of drug-likeness (QED) is 0.504. The number of hydrogen-bond acceptors (Lipinski definition) is 3. The van der Waals surface area contributed by atoms with Crippen molar-refractivity contribution in [2.45, 2.75) is 6.92 Å². The molecular weight excluding hydrogens is 341 g/mol. The SMILES string of the molecule is CC(=O)N(NC(=S)NC(=O)C=Cc1ccc(F)cc1)c1ccccc1. The number of nitrogens with one attached hydrogen (secondary N) is 2. The van der Waals surface area contributed by atoms with E-state index < -0.39 is 5.91 Å². The molecule has 25 heavy (non-hydrogen) atoms. The highest BCUT2D eigenvalue weighted by molar-refractivity contribution is 7.80. The number of para-hydroxylation sites is 1. The first-order chi connectivity index (χ1) is 12.0. The van der Waals surface area contributed by atoms with E-state index in [0.717, 1.165) is 0 Å². The largest absolute Gasteiger partial charge is 0.298 e. The fourth-order valence-corrected chi connectivity index (χ4v) is 2.12. The van der Waals surface area contributed by atoms with Gasteiger partial charge in [0.25, 0.3) is 0 Å². The van der Waals surface area contributed by atoms with Crippen LogP contribution in [-0.4, -0.2) is 16.9 Å². The summed E-state index contributed by atoms with van der Waals surface area (Å²) in [4.78, 5) is 23.6. The van der Waals surface area contributed by atoms with Gasteiger partial charge in [0.1, 0.15) is 5.82 Å². The Labute approximate surface area is 150 Å². The van der Waals surface area contributed by atoms with Crippen LogP contribution < -0.4 is 15.8 Å². The van der Waals surface area contributed by atoms with E-state index in [1.54, 1.807) is 36.4 Å². The van der Waals surface area contributed by atoms with Gasteiger partial charge < -0.3 is 0 Å². The summed E-state index contributed by atoms with van der Waals surface area (Å²) < 4.78 is 12.8. The molecule has 2 N–H and O–H groups in total. The maximum atomic E-state index is 12.8.